The number of aryl methyl sites for hydroxylation is 1. The number of rotatable bonds is 8. The van der Waals surface area contributed by atoms with E-state index in [4.69, 9.17) is 9.84 Å². The zero-order valence-electron chi connectivity index (χ0n) is 11.7. The van der Waals surface area contributed by atoms with Gasteiger partial charge in [-0.25, -0.2) is 0 Å². The first kappa shape index (κ1) is 15.3. The van der Waals surface area contributed by atoms with Crippen LogP contribution in [0.4, 0.5) is 0 Å². The molecule has 20 heavy (non-hydrogen) atoms. The van der Waals surface area contributed by atoms with Crippen LogP contribution in [0.15, 0.2) is 5.16 Å². The Morgan fingerprint density at radius 3 is 2.85 bits per heavy atom. The Bertz CT molecular complexity index is 444. The summed E-state index contributed by atoms with van der Waals surface area (Å²) < 4.78 is 7.83. The van der Waals surface area contributed by atoms with Crippen LogP contribution in [-0.2, 0) is 22.5 Å². The molecular weight excluding hydrogens is 278 g/mol. The number of aromatic nitrogens is 3. The Morgan fingerprint density at radius 1 is 1.45 bits per heavy atom. The van der Waals surface area contributed by atoms with Crippen molar-refractivity contribution in [3.63, 3.8) is 0 Å². The van der Waals surface area contributed by atoms with Gasteiger partial charge in [-0.3, -0.25) is 4.79 Å². The molecule has 0 atom stereocenters. The van der Waals surface area contributed by atoms with E-state index in [2.05, 4.69) is 10.2 Å². The van der Waals surface area contributed by atoms with E-state index in [-0.39, 0.29) is 5.75 Å². The van der Waals surface area contributed by atoms with Crippen molar-refractivity contribution in [3.8, 4) is 0 Å². The molecule has 1 heterocycles. The zero-order chi connectivity index (χ0) is 14.4. The van der Waals surface area contributed by atoms with E-state index >= 15 is 0 Å². The molecule has 0 amide bonds. The molecule has 0 saturated heterocycles. The molecule has 1 aliphatic rings. The van der Waals surface area contributed by atoms with Gasteiger partial charge < -0.3 is 14.4 Å². The summed E-state index contributed by atoms with van der Waals surface area (Å²) in [6.45, 7) is 3.34. The summed E-state index contributed by atoms with van der Waals surface area (Å²) in [5.74, 6) is 0.0448. The van der Waals surface area contributed by atoms with Crippen LogP contribution < -0.4 is 0 Å². The molecule has 0 radical (unpaired) electrons. The molecule has 0 spiro atoms. The van der Waals surface area contributed by atoms with E-state index in [9.17, 15) is 4.79 Å². The first-order valence-corrected chi connectivity index (χ1v) is 8.07. The number of carbonyl (C=O) groups is 1. The summed E-state index contributed by atoms with van der Waals surface area (Å²) in [5, 5.41) is 17.6. The minimum atomic E-state index is -0.843. The maximum absolute atomic E-state index is 10.6. The summed E-state index contributed by atoms with van der Waals surface area (Å²) in [6.07, 6.45) is 6.01. The van der Waals surface area contributed by atoms with Gasteiger partial charge in [0.2, 0.25) is 0 Å². The molecule has 6 nitrogen and oxygen atoms in total. The summed E-state index contributed by atoms with van der Waals surface area (Å²) in [4.78, 5) is 10.6. The number of carboxylic acids is 1. The van der Waals surface area contributed by atoms with E-state index in [1.54, 1.807) is 0 Å². The highest BCUT2D eigenvalue weighted by atomic mass is 32.2. The third-order valence-electron chi connectivity index (χ3n) is 3.41. The average Bonchev–Trinajstić information content (AvgIpc) is 3.06. The Kier molecular flexibility index (Phi) is 5.85. The van der Waals surface area contributed by atoms with E-state index in [0.717, 1.165) is 25.1 Å². The zero-order valence-corrected chi connectivity index (χ0v) is 12.6. The standard InChI is InChI=1S/C13H21N3O3S/c1-2-11-14-15-13(20-9-12(17)18)16(11)7-8-19-10-5-3-4-6-10/h10H,2-9H2,1H3,(H,17,18). The molecule has 1 aromatic heterocycles. The van der Waals surface area contributed by atoms with Crippen LogP contribution in [0.2, 0.25) is 0 Å². The SMILES string of the molecule is CCc1nnc(SCC(=O)O)n1CCOC1CCCC1. The number of thioether (sulfide) groups is 1. The van der Waals surface area contributed by atoms with Gasteiger partial charge in [-0.15, -0.1) is 10.2 Å². The first-order chi connectivity index (χ1) is 9.70. The number of aliphatic carboxylic acids is 1. The lowest BCUT2D eigenvalue weighted by Crippen LogP contribution is -2.15. The monoisotopic (exact) mass is 299 g/mol. The summed E-state index contributed by atoms with van der Waals surface area (Å²) >= 11 is 1.21. The van der Waals surface area contributed by atoms with Gasteiger partial charge in [-0.05, 0) is 12.8 Å². The van der Waals surface area contributed by atoms with E-state index in [0.29, 0.717) is 24.4 Å². The Balaban J connectivity index is 1.89. The highest BCUT2D eigenvalue weighted by Crippen LogP contribution is 2.21. The third kappa shape index (κ3) is 4.21. The van der Waals surface area contributed by atoms with Crippen LogP contribution in [-0.4, -0.2) is 44.3 Å². The van der Waals surface area contributed by atoms with Crippen molar-refractivity contribution in [2.75, 3.05) is 12.4 Å². The summed E-state index contributed by atoms with van der Waals surface area (Å²) in [7, 11) is 0. The van der Waals surface area contributed by atoms with Gasteiger partial charge in [0.25, 0.3) is 0 Å². The number of hydrogen-bond acceptors (Lipinski definition) is 5. The molecule has 1 aromatic rings. The Morgan fingerprint density at radius 2 is 2.20 bits per heavy atom. The van der Waals surface area contributed by atoms with E-state index in [1.165, 1.54) is 24.6 Å². The quantitative estimate of drug-likeness (QED) is 0.740. The van der Waals surface area contributed by atoms with Crippen LogP contribution in [0.5, 0.6) is 0 Å². The second-order valence-corrected chi connectivity index (χ2v) is 5.81. The fraction of sp³-hybridized carbons (Fsp3) is 0.769. The molecule has 0 aliphatic heterocycles. The first-order valence-electron chi connectivity index (χ1n) is 7.09. The van der Waals surface area contributed by atoms with Gasteiger partial charge >= 0.3 is 5.97 Å². The van der Waals surface area contributed by atoms with Crippen LogP contribution >= 0.6 is 11.8 Å². The third-order valence-corrected chi connectivity index (χ3v) is 4.36. The molecule has 7 heteroatoms. The fourth-order valence-electron chi connectivity index (χ4n) is 2.40. The number of nitrogens with zero attached hydrogens (tertiary/aromatic N) is 3. The van der Waals surface area contributed by atoms with Gasteiger partial charge in [0.15, 0.2) is 5.16 Å². The number of hydrogen-bond donors (Lipinski definition) is 1. The van der Waals surface area contributed by atoms with Gasteiger partial charge in [-0.1, -0.05) is 31.5 Å². The lowest BCUT2D eigenvalue weighted by Gasteiger charge is -2.13. The largest absolute Gasteiger partial charge is 0.481 e. The van der Waals surface area contributed by atoms with Gasteiger partial charge in [0, 0.05) is 13.0 Å². The highest BCUT2D eigenvalue weighted by Gasteiger charge is 2.16. The lowest BCUT2D eigenvalue weighted by atomic mass is 10.3. The molecule has 1 fully saturated rings. The summed E-state index contributed by atoms with van der Waals surface area (Å²) in [6, 6.07) is 0. The average molecular weight is 299 g/mol. The predicted octanol–water partition coefficient (Wildman–Crippen LogP) is 1.98. The van der Waals surface area contributed by atoms with Crippen molar-refractivity contribution in [3.05, 3.63) is 5.82 Å². The Labute approximate surface area is 122 Å². The van der Waals surface area contributed by atoms with Crippen LogP contribution in [0.25, 0.3) is 0 Å². The molecule has 1 N–H and O–H groups in total. The van der Waals surface area contributed by atoms with Gasteiger partial charge in [0.1, 0.15) is 5.82 Å². The Hall–Kier alpha value is -1.08. The van der Waals surface area contributed by atoms with E-state index < -0.39 is 5.97 Å². The molecule has 0 unspecified atom stereocenters. The topological polar surface area (TPSA) is 77.2 Å². The summed E-state index contributed by atoms with van der Waals surface area (Å²) in [5.41, 5.74) is 0. The van der Waals surface area contributed by atoms with Crippen molar-refractivity contribution in [1.29, 1.82) is 0 Å². The van der Waals surface area contributed by atoms with Crippen LogP contribution in [0.1, 0.15) is 38.4 Å². The van der Waals surface area contributed by atoms with Crippen LogP contribution in [0, 0.1) is 0 Å². The van der Waals surface area contributed by atoms with Crippen molar-refractivity contribution in [2.45, 2.75) is 56.8 Å². The highest BCUT2D eigenvalue weighted by molar-refractivity contribution is 7.99. The maximum Gasteiger partial charge on any atom is 0.313 e. The molecule has 112 valence electrons. The molecule has 1 saturated carbocycles. The second kappa shape index (κ2) is 7.64. The lowest BCUT2D eigenvalue weighted by molar-refractivity contribution is -0.133. The minimum Gasteiger partial charge on any atom is -0.481 e. The molecule has 0 bridgehead atoms. The van der Waals surface area contributed by atoms with Gasteiger partial charge in [0.05, 0.1) is 18.5 Å². The number of carboxylic acid groups (broad SMARTS) is 1. The van der Waals surface area contributed by atoms with Crippen molar-refractivity contribution in [2.24, 2.45) is 0 Å². The van der Waals surface area contributed by atoms with E-state index in [1.807, 2.05) is 11.5 Å². The van der Waals surface area contributed by atoms with Crippen LogP contribution in [0.3, 0.4) is 0 Å². The van der Waals surface area contributed by atoms with Crippen molar-refractivity contribution in [1.82, 2.24) is 14.8 Å². The van der Waals surface area contributed by atoms with Crippen molar-refractivity contribution < 1.29 is 14.6 Å². The second-order valence-electron chi connectivity index (χ2n) is 4.86. The maximum atomic E-state index is 10.6. The minimum absolute atomic E-state index is 0.00529. The predicted molar refractivity (Wildman–Crippen MR) is 76.0 cm³/mol. The molecular formula is C13H21N3O3S. The fourth-order valence-corrected chi connectivity index (χ4v) is 3.11. The molecule has 0 aromatic carbocycles. The smallest absolute Gasteiger partial charge is 0.313 e. The normalized spacial score (nSPS) is 15.8. The van der Waals surface area contributed by atoms with Gasteiger partial charge in [-0.2, -0.15) is 0 Å². The number of ether oxygens (including phenoxy) is 1. The van der Waals surface area contributed by atoms with Crippen molar-refractivity contribution >= 4 is 17.7 Å². The molecule has 1 aliphatic carbocycles. The molecule has 2 rings (SSSR count).